The molecule has 6 nitrogen and oxygen atoms in total. The number of rotatable bonds is 14. The van der Waals surface area contributed by atoms with Crippen LogP contribution in [0.1, 0.15) is 57.8 Å². The van der Waals surface area contributed by atoms with Crippen LogP contribution in [0, 0.1) is 0 Å². The number of hydrogen-bond donors (Lipinski definition) is 0. The Labute approximate surface area is 149 Å². The van der Waals surface area contributed by atoms with E-state index in [0.717, 1.165) is 32.1 Å². The second-order valence-electron chi connectivity index (χ2n) is 5.89. The highest BCUT2D eigenvalue weighted by atomic mass is 16.5. The summed E-state index contributed by atoms with van der Waals surface area (Å²) in [6.07, 6.45) is 5.09. The predicted octanol–water partition coefficient (Wildman–Crippen LogP) is 3.09. The summed E-state index contributed by atoms with van der Waals surface area (Å²) in [4.78, 5) is 45.6. The lowest BCUT2D eigenvalue weighted by molar-refractivity contribution is -0.137. The number of carbonyl (C=O) groups excluding carboxylic acids is 4. The molecule has 0 aliphatic carbocycles. The Hall–Kier alpha value is -2.24. The number of carbonyl (C=O) groups is 4. The van der Waals surface area contributed by atoms with Gasteiger partial charge in [0, 0.05) is 36.8 Å². The summed E-state index contributed by atoms with van der Waals surface area (Å²) in [6, 6.07) is 0. The van der Waals surface area contributed by atoms with Gasteiger partial charge < -0.3 is 9.47 Å². The summed E-state index contributed by atoms with van der Waals surface area (Å²) in [5.74, 6) is -1.14. The van der Waals surface area contributed by atoms with Crippen molar-refractivity contribution in [2.24, 2.45) is 0 Å². The number of hydrogen-bond acceptors (Lipinski definition) is 6. The van der Waals surface area contributed by atoms with E-state index in [1.165, 1.54) is 14.2 Å². The van der Waals surface area contributed by atoms with Crippen LogP contribution in [-0.2, 0) is 28.7 Å². The maximum Gasteiger partial charge on any atom is 0.333 e. The zero-order chi connectivity index (χ0) is 19.2. The quantitative estimate of drug-likeness (QED) is 0.271. The van der Waals surface area contributed by atoms with Gasteiger partial charge in [0.2, 0.25) is 0 Å². The van der Waals surface area contributed by atoms with E-state index in [-0.39, 0.29) is 35.6 Å². The van der Waals surface area contributed by atoms with Crippen molar-refractivity contribution in [3.8, 4) is 0 Å². The zero-order valence-electron chi connectivity index (χ0n) is 15.2. The molecule has 0 saturated heterocycles. The van der Waals surface area contributed by atoms with Gasteiger partial charge in [-0.1, -0.05) is 32.4 Å². The maximum atomic E-state index is 11.7. The van der Waals surface area contributed by atoms with Gasteiger partial charge in [0.1, 0.15) is 11.6 Å². The highest BCUT2D eigenvalue weighted by molar-refractivity contribution is 5.95. The first-order valence-corrected chi connectivity index (χ1v) is 8.37. The van der Waals surface area contributed by atoms with Crippen LogP contribution in [0.25, 0.3) is 0 Å². The average molecular weight is 352 g/mol. The Bertz CT molecular complexity index is 472. The molecule has 0 aliphatic rings. The van der Waals surface area contributed by atoms with Crippen molar-refractivity contribution in [1.29, 1.82) is 0 Å². The first-order valence-electron chi connectivity index (χ1n) is 8.37. The van der Waals surface area contributed by atoms with Crippen LogP contribution in [0.4, 0.5) is 0 Å². The minimum absolute atomic E-state index is 0.0214. The minimum atomic E-state index is -0.548. The molecule has 0 fully saturated rings. The third-order valence-corrected chi connectivity index (χ3v) is 3.68. The molecule has 0 spiro atoms. The first kappa shape index (κ1) is 22.8. The molecule has 0 atom stereocenters. The van der Waals surface area contributed by atoms with Gasteiger partial charge in [-0.25, -0.2) is 9.59 Å². The van der Waals surface area contributed by atoms with Crippen molar-refractivity contribution >= 4 is 23.5 Å². The van der Waals surface area contributed by atoms with Gasteiger partial charge in [0.05, 0.1) is 14.2 Å². The molecule has 0 N–H and O–H groups in total. The lowest BCUT2D eigenvalue weighted by Crippen LogP contribution is -2.09. The third kappa shape index (κ3) is 11.0. The van der Waals surface area contributed by atoms with Gasteiger partial charge in [0.15, 0.2) is 0 Å². The molecule has 6 heteroatoms. The van der Waals surface area contributed by atoms with Crippen LogP contribution in [0.5, 0.6) is 0 Å². The predicted molar refractivity (Wildman–Crippen MR) is 93.9 cm³/mol. The van der Waals surface area contributed by atoms with Gasteiger partial charge in [-0.3, -0.25) is 9.59 Å². The van der Waals surface area contributed by atoms with Gasteiger partial charge in [-0.2, -0.15) is 0 Å². The van der Waals surface area contributed by atoms with Crippen LogP contribution >= 0.6 is 0 Å². The van der Waals surface area contributed by atoms with Gasteiger partial charge in [-0.15, -0.1) is 0 Å². The summed E-state index contributed by atoms with van der Waals surface area (Å²) >= 11 is 0. The molecular weight excluding hydrogens is 324 g/mol. The Balaban J connectivity index is 3.67. The lowest BCUT2D eigenvalue weighted by atomic mass is 10.0. The summed E-state index contributed by atoms with van der Waals surface area (Å²) in [6.45, 7) is 7.05. The Kier molecular flexibility index (Phi) is 11.9. The molecule has 0 bridgehead atoms. The average Bonchev–Trinajstić information content (AvgIpc) is 2.58. The minimum Gasteiger partial charge on any atom is -0.466 e. The van der Waals surface area contributed by atoms with E-state index in [1.54, 1.807) is 0 Å². The fraction of sp³-hybridized carbons (Fsp3) is 0.579. The normalized spacial score (nSPS) is 10.0. The number of ether oxygens (including phenoxy) is 2. The Morgan fingerprint density at radius 1 is 0.640 bits per heavy atom. The standard InChI is InChI=1S/C19H28O6/c1-14(18(22)24-3)12-16(20)10-8-6-5-7-9-11-17(21)13-15(2)19(23)25-4/h1-2,5-13H2,3-4H3. The summed E-state index contributed by atoms with van der Waals surface area (Å²) in [7, 11) is 2.52. The van der Waals surface area contributed by atoms with Crippen molar-refractivity contribution in [2.45, 2.75) is 57.8 Å². The molecule has 0 aliphatic heterocycles. The maximum absolute atomic E-state index is 11.7. The molecule has 0 saturated carbocycles. The number of unbranched alkanes of at least 4 members (excludes halogenated alkanes) is 4. The van der Waals surface area contributed by atoms with Crippen LogP contribution in [0.3, 0.4) is 0 Å². The molecule has 0 aromatic rings. The third-order valence-electron chi connectivity index (χ3n) is 3.68. The van der Waals surface area contributed by atoms with Gasteiger partial charge in [0.25, 0.3) is 0 Å². The lowest BCUT2D eigenvalue weighted by Gasteiger charge is -2.04. The van der Waals surface area contributed by atoms with Crippen molar-refractivity contribution in [2.75, 3.05) is 14.2 Å². The topological polar surface area (TPSA) is 86.7 Å². The van der Waals surface area contributed by atoms with E-state index in [1.807, 2.05) is 0 Å². The second-order valence-corrected chi connectivity index (χ2v) is 5.89. The van der Waals surface area contributed by atoms with E-state index in [9.17, 15) is 19.2 Å². The molecule has 0 amide bonds. The zero-order valence-corrected chi connectivity index (χ0v) is 15.2. The van der Waals surface area contributed by atoms with Crippen LogP contribution < -0.4 is 0 Å². The molecule has 0 radical (unpaired) electrons. The molecule has 0 unspecified atom stereocenters. The van der Waals surface area contributed by atoms with E-state index in [2.05, 4.69) is 22.6 Å². The van der Waals surface area contributed by atoms with E-state index in [0.29, 0.717) is 12.8 Å². The number of Topliss-reactive ketones (excluding diaryl/α,β-unsaturated/α-hetero) is 2. The highest BCUT2D eigenvalue weighted by Crippen LogP contribution is 2.12. The van der Waals surface area contributed by atoms with Gasteiger partial charge >= 0.3 is 11.9 Å². The van der Waals surface area contributed by atoms with Crippen LogP contribution in [0.15, 0.2) is 24.3 Å². The fourth-order valence-corrected chi connectivity index (χ4v) is 2.26. The fourth-order valence-electron chi connectivity index (χ4n) is 2.26. The molecule has 0 rings (SSSR count). The Morgan fingerprint density at radius 2 is 0.960 bits per heavy atom. The monoisotopic (exact) mass is 352 g/mol. The van der Waals surface area contributed by atoms with E-state index < -0.39 is 11.9 Å². The van der Waals surface area contributed by atoms with Gasteiger partial charge in [-0.05, 0) is 12.8 Å². The number of methoxy groups -OCH3 is 2. The van der Waals surface area contributed by atoms with E-state index in [4.69, 9.17) is 0 Å². The largest absolute Gasteiger partial charge is 0.466 e. The summed E-state index contributed by atoms with van der Waals surface area (Å²) < 4.78 is 8.99. The number of ketones is 2. The molecule has 0 aromatic carbocycles. The van der Waals surface area contributed by atoms with Crippen LogP contribution in [0.2, 0.25) is 0 Å². The van der Waals surface area contributed by atoms with Crippen molar-refractivity contribution in [3.05, 3.63) is 24.3 Å². The smallest absolute Gasteiger partial charge is 0.333 e. The molecule has 25 heavy (non-hydrogen) atoms. The van der Waals surface area contributed by atoms with Crippen molar-refractivity contribution in [1.82, 2.24) is 0 Å². The van der Waals surface area contributed by atoms with Crippen molar-refractivity contribution < 1.29 is 28.7 Å². The van der Waals surface area contributed by atoms with Crippen LogP contribution in [-0.4, -0.2) is 37.7 Å². The second kappa shape index (κ2) is 13.1. The number of esters is 2. The summed E-state index contributed by atoms with van der Waals surface area (Å²) in [5.41, 5.74) is 0.360. The Morgan fingerprint density at radius 3 is 1.28 bits per heavy atom. The van der Waals surface area contributed by atoms with Crippen molar-refractivity contribution in [3.63, 3.8) is 0 Å². The molecule has 0 heterocycles. The van der Waals surface area contributed by atoms with E-state index >= 15 is 0 Å². The first-order chi connectivity index (χ1) is 11.8. The molecule has 0 aromatic heterocycles. The highest BCUT2D eigenvalue weighted by Gasteiger charge is 2.12. The molecular formula is C19H28O6. The SMILES string of the molecule is C=C(CC(=O)CCCCCCCC(=O)CC(=C)C(=O)OC)C(=O)OC. The summed E-state index contributed by atoms with van der Waals surface area (Å²) in [5, 5.41) is 0. The molecule has 140 valence electrons.